The summed E-state index contributed by atoms with van der Waals surface area (Å²) < 4.78 is 20.7. The van der Waals surface area contributed by atoms with Crippen molar-refractivity contribution in [3.05, 3.63) is 58.2 Å². The van der Waals surface area contributed by atoms with Gasteiger partial charge in [-0.2, -0.15) is 0 Å². The van der Waals surface area contributed by atoms with E-state index in [1.165, 1.54) is 25.4 Å². The first-order valence-electron chi connectivity index (χ1n) is 8.99. The highest BCUT2D eigenvalue weighted by atomic mass is 19.1. The maximum atomic E-state index is 13.9. The summed E-state index contributed by atoms with van der Waals surface area (Å²) in [5.41, 5.74) is 2.48. The van der Waals surface area contributed by atoms with E-state index >= 15 is 0 Å². The number of nitro benzene ring substituents is 1. The third-order valence-corrected chi connectivity index (χ3v) is 4.91. The summed E-state index contributed by atoms with van der Waals surface area (Å²) in [6.07, 6.45) is 1.40. The Balaban J connectivity index is 1.85. The fourth-order valence-corrected chi connectivity index (χ4v) is 3.51. The number of fused-ring (bicyclic) bond motifs is 1. The van der Waals surface area contributed by atoms with Crippen molar-refractivity contribution in [2.75, 3.05) is 33.3 Å². The van der Waals surface area contributed by atoms with Gasteiger partial charge in [-0.3, -0.25) is 19.4 Å². The van der Waals surface area contributed by atoms with Crippen LogP contribution in [0.5, 0.6) is 5.75 Å². The third kappa shape index (κ3) is 3.41. The monoisotopic (exact) mass is 385 g/mol. The summed E-state index contributed by atoms with van der Waals surface area (Å²) in [4.78, 5) is 17.8. The van der Waals surface area contributed by atoms with Crippen LogP contribution in [0.25, 0.3) is 16.9 Å². The molecule has 2 aromatic heterocycles. The van der Waals surface area contributed by atoms with Crippen molar-refractivity contribution in [1.82, 2.24) is 19.6 Å². The Hall–Kier alpha value is -3.04. The summed E-state index contributed by atoms with van der Waals surface area (Å²) in [6.45, 7) is 4.07. The molecule has 1 aliphatic heterocycles. The van der Waals surface area contributed by atoms with E-state index in [1.807, 2.05) is 0 Å². The van der Waals surface area contributed by atoms with Gasteiger partial charge in [-0.25, -0.2) is 9.37 Å². The van der Waals surface area contributed by atoms with E-state index in [0.29, 0.717) is 23.4 Å². The molecule has 146 valence electrons. The van der Waals surface area contributed by atoms with Gasteiger partial charge in [0.15, 0.2) is 5.75 Å². The van der Waals surface area contributed by atoms with Crippen LogP contribution in [-0.2, 0) is 6.54 Å². The van der Waals surface area contributed by atoms with Crippen LogP contribution >= 0.6 is 0 Å². The number of piperazine rings is 1. The van der Waals surface area contributed by atoms with Crippen LogP contribution in [0.4, 0.5) is 10.1 Å². The second-order valence-corrected chi connectivity index (χ2v) is 6.65. The van der Waals surface area contributed by atoms with Crippen molar-refractivity contribution < 1.29 is 14.1 Å². The zero-order valence-electron chi connectivity index (χ0n) is 15.4. The SMILES string of the molecule is COc1ccc(-c2nc3ccc(F)cn3c2CN2CCNCC2)cc1[N+](=O)[O-]. The standard InChI is InChI=1S/C19H20FN5O3/c1-28-17-4-2-13(10-15(17)25(26)27)19-16(12-23-8-6-21-7-9-23)24-11-14(20)3-5-18(24)22-19/h2-5,10-11,21H,6-9,12H2,1H3. The van der Waals surface area contributed by atoms with Crippen molar-refractivity contribution >= 4 is 11.3 Å². The number of halogens is 1. The van der Waals surface area contributed by atoms with Crippen LogP contribution in [0.1, 0.15) is 5.69 Å². The Bertz CT molecular complexity index is 1030. The number of imidazole rings is 1. The van der Waals surface area contributed by atoms with Crippen LogP contribution in [0.2, 0.25) is 0 Å². The van der Waals surface area contributed by atoms with E-state index in [9.17, 15) is 14.5 Å². The Morgan fingerprint density at radius 1 is 1.29 bits per heavy atom. The number of aromatic nitrogens is 2. The van der Waals surface area contributed by atoms with E-state index in [-0.39, 0.29) is 17.3 Å². The lowest BCUT2D eigenvalue weighted by molar-refractivity contribution is -0.385. The predicted molar refractivity (Wildman–Crippen MR) is 102 cm³/mol. The summed E-state index contributed by atoms with van der Waals surface area (Å²) in [7, 11) is 1.39. The largest absolute Gasteiger partial charge is 0.490 e. The molecule has 0 radical (unpaired) electrons. The van der Waals surface area contributed by atoms with E-state index < -0.39 is 4.92 Å². The number of benzene rings is 1. The maximum absolute atomic E-state index is 13.9. The number of methoxy groups -OCH3 is 1. The molecule has 0 bridgehead atoms. The summed E-state index contributed by atoms with van der Waals surface area (Å²) in [6, 6.07) is 7.73. The van der Waals surface area contributed by atoms with Crippen LogP contribution < -0.4 is 10.1 Å². The van der Waals surface area contributed by atoms with Crippen LogP contribution in [-0.4, -0.2) is 52.5 Å². The second-order valence-electron chi connectivity index (χ2n) is 6.65. The molecule has 0 atom stereocenters. The minimum atomic E-state index is -0.478. The zero-order valence-corrected chi connectivity index (χ0v) is 15.4. The number of nitro groups is 1. The Morgan fingerprint density at radius 3 is 2.79 bits per heavy atom. The van der Waals surface area contributed by atoms with Crippen LogP contribution in [0.15, 0.2) is 36.5 Å². The van der Waals surface area contributed by atoms with Gasteiger partial charge in [-0.1, -0.05) is 0 Å². The molecule has 9 heteroatoms. The van der Waals surface area contributed by atoms with Gasteiger partial charge in [0.05, 0.1) is 23.4 Å². The predicted octanol–water partition coefficient (Wildman–Crippen LogP) is 2.46. The average Bonchev–Trinajstić information content (AvgIpc) is 3.06. The number of nitrogens with one attached hydrogen (secondary N) is 1. The van der Waals surface area contributed by atoms with Gasteiger partial charge in [-0.15, -0.1) is 0 Å². The molecular formula is C19H20FN5O3. The van der Waals surface area contributed by atoms with Crippen molar-refractivity contribution in [3.63, 3.8) is 0 Å². The Labute approximate surface area is 160 Å². The second kappa shape index (κ2) is 7.53. The molecule has 0 spiro atoms. The highest BCUT2D eigenvalue weighted by Gasteiger charge is 2.22. The fraction of sp³-hybridized carbons (Fsp3) is 0.316. The molecule has 28 heavy (non-hydrogen) atoms. The molecule has 1 aromatic carbocycles. The Morgan fingerprint density at radius 2 is 2.07 bits per heavy atom. The molecule has 8 nitrogen and oxygen atoms in total. The molecule has 1 N–H and O–H groups in total. The van der Waals surface area contributed by atoms with Gasteiger partial charge < -0.3 is 10.1 Å². The van der Waals surface area contributed by atoms with Gasteiger partial charge in [0.1, 0.15) is 11.5 Å². The molecular weight excluding hydrogens is 365 g/mol. The number of nitrogens with zero attached hydrogens (tertiary/aromatic N) is 4. The van der Waals surface area contributed by atoms with Gasteiger partial charge in [-0.05, 0) is 24.3 Å². The average molecular weight is 385 g/mol. The molecule has 4 rings (SSSR count). The number of hydrogen-bond donors (Lipinski definition) is 1. The minimum Gasteiger partial charge on any atom is -0.490 e. The lowest BCUT2D eigenvalue weighted by Crippen LogP contribution is -2.43. The highest BCUT2D eigenvalue weighted by molar-refractivity contribution is 5.70. The van der Waals surface area contributed by atoms with Gasteiger partial charge in [0.2, 0.25) is 0 Å². The molecule has 3 heterocycles. The summed E-state index contributed by atoms with van der Waals surface area (Å²) in [5, 5.41) is 14.7. The molecule has 3 aromatic rings. The fourth-order valence-electron chi connectivity index (χ4n) is 3.51. The van der Waals surface area contributed by atoms with Crippen molar-refractivity contribution in [3.8, 4) is 17.0 Å². The summed E-state index contributed by atoms with van der Waals surface area (Å²) >= 11 is 0. The van der Waals surface area contributed by atoms with Crippen molar-refractivity contribution in [2.45, 2.75) is 6.54 Å². The third-order valence-electron chi connectivity index (χ3n) is 4.91. The summed E-state index contributed by atoms with van der Waals surface area (Å²) in [5.74, 6) is -0.175. The molecule has 1 fully saturated rings. The van der Waals surface area contributed by atoms with Crippen LogP contribution in [0.3, 0.4) is 0 Å². The van der Waals surface area contributed by atoms with Gasteiger partial charge >= 0.3 is 5.69 Å². The smallest absolute Gasteiger partial charge is 0.311 e. The van der Waals surface area contributed by atoms with E-state index in [0.717, 1.165) is 31.9 Å². The normalized spacial score (nSPS) is 15.1. The number of ether oxygens (including phenoxy) is 1. The number of rotatable bonds is 5. The van der Waals surface area contributed by atoms with Crippen molar-refractivity contribution in [2.24, 2.45) is 0 Å². The van der Waals surface area contributed by atoms with Gasteiger partial charge in [0, 0.05) is 50.6 Å². The molecule has 0 amide bonds. The van der Waals surface area contributed by atoms with E-state index in [4.69, 9.17) is 4.74 Å². The van der Waals surface area contributed by atoms with Gasteiger partial charge in [0.25, 0.3) is 0 Å². The Kier molecular flexibility index (Phi) is 4.93. The molecule has 1 saturated heterocycles. The quantitative estimate of drug-likeness (QED) is 0.536. The first-order valence-corrected chi connectivity index (χ1v) is 8.99. The zero-order chi connectivity index (χ0) is 19.7. The topological polar surface area (TPSA) is 84.9 Å². The molecule has 1 aliphatic rings. The van der Waals surface area contributed by atoms with Crippen molar-refractivity contribution in [1.29, 1.82) is 0 Å². The molecule has 0 unspecified atom stereocenters. The lowest BCUT2D eigenvalue weighted by atomic mass is 10.1. The molecule has 0 aliphatic carbocycles. The minimum absolute atomic E-state index is 0.128. The van der Waals surface area contributed by atoms with E-state index in [2.05, 4.69) is 15.2 Å². The number of pyridine rings is 1. The lowest BCUT2D eigenvalue weighted by Gasteiger charge is -2.27. The van der Waals surface area contributed by atoms with Crippen LogP contribution in [0, 0.1) is 15.9 Å². The first kappa shape index (κ1) is 18.3. The first-order chi connectivity index (χ1) is 13.6. The van der Waals surface area contributed by atoms with E-state index in [1.54, 1.807) is 22.6 Å². The number of hydrogen-bond acceptors (Lipinski definition) is 6. The molecule has 0 saturated carbocycles. The maximum Gasteiger partial charge on any atom is 0.311 e. The highest BCUT2D eigenvalue weighted by Crippen LogP contribution is 2.34.